The normalized spacial score (nSPS) is 17.9. The van der Waals surface area contributed by atoms with Gasteiger partial charge in [-0.3, -0.25) is 4.79 Å². The first kappa shape index (κ1) is 29.1. The van der Waals surface area contributed by atoms with Crippen LogP contribution in [0.1, 0.15) is 49.0 Å². The molecular weight excluding hydrogens is 574 g/mol. The van der Waals surface area contributed by atoms with Gasteiger partial charge in [0.1, 0.15) is 5.75 Å². The van der Waals surface area contributed by atoms with E-state index >= 15 is 0 Å². The second-order valence-electron chi connectivity index (χ2n) is 9.42. The van der Waals surface area contributed by atoms with E-state index in [4.69, 9.17) is 25.1 Å². The Morgan fingerprint density at radius 2 is 1.90 bits per heavy atom. The number of ether oxygens (including phenoxy) is 2. The van der Waals surface area contributed by atoms with Crippen LogP contribution in [0.4, 0.5) is 5.69 Å². The molecule has 3 aromatic rings. The summed E-state index contributed by atoms with van der Waals surface area (Å²) in [6, 6.07) is 22.1. The summed E-state index contributed by atoms with van der Waals surface area (Å²) in [4.78, 5) is 22.1. The Balaban J connectivity index is 1.82. The van der Waals surface area contributed by atoms with Gasteiger partial charge < -0.3 is 19.9 Å². The molecule has 0 spiro atoms. The lowest BCUT2D eigenvalue weighted by atomic mass is 9.81. The number of benzene rings is 3. The van der Waals surface area contributed by atoms with E-state index < -0.39 is 11.6 Å². The Morgan fingerprint density at radius 3 is 2.62 bits per heavy atom. The van der Waals surface area contributed by atoms with Crippen LogP contribution < -0.4 is 10.1 Å². The Bertz CT molecular complexity index is 1390. The molecule has 0 fully saturated rings. The fourth-order valence-electron chi connectivity index (χ4n) is 4.58. The number of halogens is 1. The lowest BCUT2D eigenvalue weighted by molar-refractivity contribution is -0.128. The molecule has 1 aliphatic heterocycles. The Morgan fingerprint density at radius 1 is 1.15 bits per heavy atom. The van der Waals surface area contributed by atoms with E-state index in [1.165, 1.54) is 0 Å². The van der Waals surface area contributed by atoms with Crippen molar-refractivity contribution in [3.05, 3.63) is 104 Å². The van der Waals surface area contributed by atoms with Crippen LogP contribution in [0, 0.1) is 0 Å². The summed E-state index contributed by atoms with van der Waals surface area (Å²) in [5, 5.41) is 16.0. The molecule has 0 bridgehead atoms. The number of hydrogen-bond donors (Lipinski definition) is 2. The Labute approximate surface area is 242 Å². The van der Waals surface area contributed by atoms with Gasteiger partial charge in [-0.25, -0.2) is 4.99 Å². The maximum absolute atomic E-state index is 14.1. The second kappa shape index (κ2) is 14.0. The number of aliphatic imine (C=N–C) groups is 1. The molecule has 208 valence electrons. The number of nitrogens with zero attached hydrogens (tertiary/aromatic N) is 4. The monoisotopic (exact) mass is 605 g/mol. The van der Waals surface area contributed by atoms with E-state index in [2.05, 4.69) is 38.2 Å². The average molecular weight is 607 g/mol. The molecular formula is C30H32BrN5O4. The fraction of sp³-hybridized carbons (Fsp3) is 0.333. The number of rotatable bonds is 13. The average Bonchev–Trinajstić information content (AvgIpc) is 3.35. The van der Waals surface area contributed by atoms with Gasteiger partial charge in [-0.15, -0.1) is 0 Å². The Hall–Kier alpha value is -3.85. The third-order valence-corrected chi connectivity index (χ3v) is 7.36. The fourth-order valence-corrected chi connectivity index (χ4v) is 5.07. The van der Waals surface area contributed by atoms with Gasteiger partial charge in [0.2, 0.25) is 5.90 Å². The third kappa shape index (κ3) is 6.65. The van der Waals surface area contributed by atoms with Gasteiger partial charge in [0.15, 0.2) is 11.6 Å². The molecule has 3 aromatic carbocycles. The van der Waals surface area contributed by atoms with Crippen molar-refractivity contribution in [3.8, 4) is 5.75 Å². The van der Waals surface area contributed by atoms with Gasteiger partial charge in [-0.05, 0) is 47.8 Å². The van der Waals surface area contributed by atoms with Gasteiger partial charge >= 0.3 is 0 Å². The number of azide groups is 1. The van der Waals surface area contributed by atoms with E-state index in [9.17, 15) is 4.79 Å². The first-order valence-electron chi connectivity index (χ1n) is 13.3. The van der Waals surface area contributed by atoms with Gasteiger partial charge in [-0.2, -0.15) is 0 Å². The lowest BCUT2D eigenvalue weighted by Gasteiger charge is -2.31. The molecule has 2 N–H and O–H groups in total. The smallest absolute Gasteiger partial charge is 0.252 e. The lowest BCUT2D eigenvalue weighted by Crippen LogP contribution is -2.50. The highest BCUT2D eigenvalue weighted by molar-refractivity contribution is 9.10. The van der Waals surface area contributed by atoms with Crippen LogP contribution in [-0.2, 0) is 16.0 Å². The number of carbonyl (C=O) groups is 1. The van der Waals surface area contributed by atoms with Gasteiger partial charge in [0.25, 0.3) is 5.91 Å². The maximum atomic E-state index is 14.1. The van der Waals surface area contributed by atoms with E-state index in [0.29, 0.717) is 48.0 Å². The van der Waals surface area contributed by atoms with E-state index in [1.807, 2.05) is 60.7 Å². The maximum Gasteiger partial charge on any atom is 0.252 e. The molecule has 0 saturated carbocycles. The Kier molecular flexibility index (Phi) is 10.2. The predicted molar refractivity (Wildman–Crippen MR) is 158 cm³/mol. The molecule has 1 aliphatic rings. The number of amides is 1. The van der Waals surface area contributed by atoms with E-state index in [0.717, 1.165) is 22.9 Å². The minimum absolute atomic E-state index is 0.0599. The number of hydrogen-bond acceptors (Lipinski definition) is 6. The quantitative estimate of drug-likeness (QED) is 0.0987. The van der Waals surface area contributed by atoms with Crippen molar-refractivity contribution in [1.29, 1.82) is 0 Å². The number of nitrogens with one attached hydrogen (secondary N) is 1. The highest BCUT2D eigenvalue weighted by Crippen LogP contribution is 2.45. The van der Waals surface area contributed by atoms with Crippen molar-refractivity contribution in [3.63, 3.8) is 0 Å². The molecule has 4 rings (SSSR count). The van der Waals surface area contributed by atoms with Crippen molar-refractivity contribution in [2.45, 2.75) is 44.2 Å². The summed E-state index contributed by atoms with van der Waals surface area (Å²) in [6.45, 7) is 3.03. The van der Waals surface area contributed by atoms with Crippen LogP contribution in [0.15, 0.2) is 87.4 Å². The summed E-state index contributed by atoms with van der Waals surface area (Å²) in [6.07, 6.45) is 1.68. The van der Waals surface area contributed by atoms with Crippen LogP contribution >= 0.6 is 15.9 Å². The number of aliphatic hydroxyl groups is 1. The van der Waals surface area contributed by atoms with E-state index in [-0.39, 0.29) is 18.9 Å². The van der Waals surface area contributed by atoms with E-state index in [1.54, 1.807) is 12.1 Å². The zero-order valence-corrected chi connectivity index (χ0v) is 23.9. The van der Waals surface area contributed by atoms with Crippen molar-refractivity contribution in [2.24, 2.45) is 10.1 Å². The van der Waals surface area contributed by atoms with Crippen LogP contribution in [0.5, 0.6) is 5.75 Å². The van der Waals surface area contributed by atoms with Crippen molar-refractivity contribution in [2.75, 3.05) is 19.8 Å². The third-order valence-electron chi connectivity index (χ3n) is 6.64. The summed E-state index contributed by atoms with van der Waals surface area (Å²) >= 11 is 3.65. The summed E-state index contributed by atoms with van der Waals surface area (Å²) in [5.41, 5.74) is 10.4. The standard InChI is InChI=1S/C30H32BrN5O4/c1-2-3-17-33-29(38)30(20-22-9-4-7-12-26(22)35-36-32)27(24-10-5-6-11-25(24)31)40-28(34-30)21-13-15-23(16-14-21)39-19-8-18-37/h4-7,9-16,27,37H,2-3,8,17-20H2,1H3,(H,33,38)/t27-,30-/m1/s1. The van der Waals surface area contributed by atoms with Crippen LogP contribution in [0.3, 0.4) is 0 Å². The van der Waals surface area contributed by atoms with Crippen LogP contribution in [0.25, 0.3) is 10.4 Å². The minimum Gasteiger partial charge on any atom is -0.494 e. The molecule has 40 heavy (non-hydrogen) atoms. The summed E-state index contributed by atoms with van der Waals surface area (Å²) < 4.78 is 13.0. The SMILES string of the molecule is CCCCNC(=O)[C@]1(Cc2ccccc2N=[N+]=[N-])N=C(c2ccc(OCCCO)cc2)O[C@@H]1c1ccccc1Br. The van der Waals surface area contributed by atoms with Crippen molar-refractivity contribution >= 4 is 33.4 Å². The second-order valence-corrected chi connectivity index (χ2v) is 10.3. The summed E-state index contributed by atoms with van der Waals surface area (Å²) in [7, 11) is 0. The predicted octanol–water partition coefficient (Wildman–Crippen LogP) is 6.57. The molecule has 1 amide bonds. The number of carbonyl (C=O) groups excluding carboxylic acids is 1. The highest BCUT2D eigenvalue weighted by atomic mass is 79.9. The molecule has 10 heteroatoms. The molecule has 9 nitrogen and oxygen atoms in total. The topological polar surface area (TPSA) is 129 Å². The molecule has 0 unspecified atom stereocenters. The van der Waals surface area contributed by atoms with Crippen molar-refractivity contribution in [1.82, 2.24) is 5.32 Å². The van der Waals surface area contributed by atoms with Crippen LogP contribution in [0.2, 0.25) is 0 Å². The zero-order chi connectivity index (χ0) is 28.4. The molecule has 1 heterocycles. The zero-order valence-electron chi connectivity index (χ0n) is 22.3. The highest BCUT2D eigenvalue weighted by Gasteiger charge is 2.53. The first-order valence-corrected chi connectivity index (χ1v) is 14.1. The first-order chi connectivity index (χ1) is 19.5. The van der Waals surface area contributed by atoms with Crippen LogP contribution in [-0.4, -0.2) is 42.2 Å². The minimum atomic E-state index is -1.38. The molecule has 2 atom stereocenters. The largest absolute Gasteiger partial charge is 0.494 e. The summed E-state index contributed by atoms with van der Waals surface area (Å²) in [5.74, 6) is 0.719. The van der Waals surface area contributed by atoms with Gasteiger partial charge in [0.05, 0.1) is 6.61 Å². The van der Waals surface area contributed by atoms with Gasteiger partial charge in [-0.1, -0.05) is 76.9 Å². The van der Waals surface area contributed by atoms with Crippen molar-refractivity contribution < 1.29 is 19.4 Å². The van der Waals surface area contributed by atoms with Gasteiger partial charge in [0, 0.05) is 52.2 Å². The molecule has 0 saturated heterocycles. The molecule has 0 aromatic heterocycles. The molecule has 0 radical (unpaired) electrons. The molecule has 0 aliphatic carbocycles. The number of aliphatic hydroxyl groups excluding tert-OH is 1. The number of unbranched alkanes of at least 4 members (excludes halogenated alkanes) is 1.